The first-order valence-electron chi connectivity index (χ1n) is 13.4. The number of rotatable bonds is 14. The molecular formula is C29H38N2O6S. The van der Waals surface area contributed by atoms with E-state index < -0.39 is 22.6 Å². The summed E-state index contributed by atoms with van der Waals surface area (Å²) in [6, 6.07) is 6.59. The van der Waals surface area contributed by atoms with Crippen LogP contribution in [-0.4, -0.2) is 77.2 Å². The van der Waals surface area contributed by atoms with Crippen molar-refractivity contribution in [2.24, 2.45) is 11.8 Å². The maximum Gasteiger partial charge on any atom is 0.311 e. The number of esters is 1. The lowest BCUT2D eigenvalue weighted by atomic mass is 9.71. The number of amides is 2. The van der Waals surface area contributed by atoms with Crippen LogP contribution in [0.4, 0.5) is 5.69 Å². The van der Waals surface area contributed by atoms with Gasteiger partial charge in [-0.05, 0) is 49.9 Å². The van der Waals surface area contributed by atoms with E-state index in [9.17, 15) is 14.4 Å². The van der Waals surface area contributed by atoms with E-state index in [0.717, 1.165) is 25.7 Å². The summed E-state index contributed by atoms with van der Waals surface area (Å²) in [6.07, 6.45) is 7.81. The highest BCUT2D eigenvalue weighted by Gasteiger charge is 2.74. The average molecular weight is 543 g/mol. The highest BCUT2D eigenvalue weighted by atomic mass is 32.2. The summed E-state index contributed by atoms with van der Waals surface area (Å²) < 4.78 is 10.0. The summed E-state index contributed by atoms with van der Waals surface area (Å²) in [6.45, 7) is 8.45. The Labute approximate surface area is 229 Å². The zero-order valence-electron chi connectivity index (χ0n) is 22.0. The summed E-state index contributed by atoms with van der Waals surface area (Å²) in [7, 11) is 1.59. The topological polar surface area (TPSA) is 96.4 Å². The van der Waals surface area contributed by atoms with Crippen molar-refractivity contribution in [1.29, 1.82) is 0 Å². The second-order valence-corrected chi connectivity index (χ2v) is 11.7. The number of fused-ring (bicyclic) bond motifs is 1. The number of likely N-dealkylation sites (tertiary alicyclic amines) is 1. The van der Waals surface area contributed by atoms with Crippen molar-refractivity contribution in [2.45, 2.75) is 54.6 Å². The average Bonchev–Trinajstić information content (AvgIpc) is 3.57. The summed E-state index contributed by atoms with van der Waals surface area (Å²) in [5.74, 6) is -1.13. The van der Waals surface area contributed by atoms with Gasteiger partial charge < -0.3 is 24.4 Å². The van der Waals surface area contributed by atoms with Crippen LogP contribution in [0.1, 0.15) is 38.5 Å². The molecule has 3 saturated heterocycles. The minimum absolute atomic E-state index is 0.0443. The second kappa shape index (κ2) is 12.4. The molecule has 3 aliphatic rings. The summed E-state index contributed by atoms with van der Waals surface area (Å²) in [5, 5.41) is 9.08. The highest BCUT2D eigenvalue weighted by Crippen LogP contribution is 2.66. The van der Waals surface area contributed by atoms with E-state index >= 15 is 0 Å². The van der Waals surface area contributed by atoms with Gasteiger partial charge >= 0.3 is 5.97 Å². The molecule has 0 aromatic heterocycles. The van der Waals surface area contributed by atoms with Gasteiger partial charge in [-0.2, -0.15) is 0 Å². The van der Waals surface area contributed by atoms with Gasteiger partial charge in [0.15, 0.2) is 0 Å². The van der Waals surface area contributed by atoms with Gasteiger partial charge in [0.05, 0.1) is 23.7 Å². The maximum atomic E-state index is 14.4. The first-order chi connectivity index (χ1) is 18.4. The first-order valence-corrected chi connectivity index (χ1v) is 14.2. The minimum Gasteiger partial charge on any atom is -0.497 e. The van der Waals surface area contributed by atoms with Gasteiger partial charge in [0.25, 0.3) is 5.91 Å². The number of methoxy groups -OCH3 is 1. The second-order valence-electron chi connectivity index (χ2n) is 10.1. The number of hydrogen-bond acceptors (Lipinski definition) is 7. The molecule has 0 radical (unpaired) electrons. The van der Waals surface area contributed by atoms with Crippen LogP contribution >= 0.6 is 11.8 Å². The van der Waals surface area contributed by atoms with Crippen molar-refractivity contribution in [3.8, 4) is 5.75 Å². The zero-order chi connectivity index (χ0) is 27.3. The van der Waals surface area contributed by atoms with E-state index in [1.165, 1.54) is 6.08 Å². The molecule has 2 amide bonds. The van der Waals surface area contributed by atoms with Crippen LogP contribution < -0.4 is 9.64 Å². The number of hydrogen-bond donors (Lipinski definition) is 1. The number of carbonyl (C=O) groups excluding carboxylic acids is 3. The fraction of sp³-hybridized carbons (Fsp3) is 0.552. The third-order valence-corrected chi connectivity index (χ3v) is 9.87. The molecule has 3 heterocycles. The molecule has 1 spiro atoms. The van der Waals surface area contributed by atoms with Crippen LogP contribution in [0.3, 0.4) is 0 Å². The lowest BCUT2D eigenvalue weighted by Crippen LogP contribution is -2.55. The SMILES string of the molecule is C=CCOC(=O)[C@@H]1[C@@H]2CCC3(S2)C(C(=O)N(CC=C)c2ccc(OC)cc2)N(CCCCCCO)C(=O)[C@H]13. The Balaban J connectivity index is 1.68. The molecule has 38 heavy (non-hydrogen) atoms. The highest BCUT2D eigenvalue weighted by molar-refractivity contribution is 8.02. The van der Waals surface area contributed by atoms with Gasteiger partial charge in [-0.3, -0.25) is 14.4 Å². The van der Waals surface area contributed by atoms with E-state index in [1.54, 1.807) is 46.9 Å². The smallest absolute Gasteiger partial charge is 0.311 e. The maximum absolute atomic E-state index is 14.4. The third kappa shape index (κ3) is 5.10. The molecule has 9 heteroatoms. The molecule has 2 bridgehead atoms. The Hall–Kier alpha value is -2.78. The Morgan fingerprint density at radius 2 is 1.92 bits per heavy atom. The van der Waals surface area contributed by atoms with Gasteiger partial charge in [0, 0.05) is 30.6 Å². The number of aliphatic hydroxyl groups is 1. The Morgan fingerprint density at radius 3 is 2.58 bits per heavy atom. The number of ether oxygens (including phenoxy) is 2. The predicted molar refractivity (Wildman–Crippen MR) is 148 cm³/mol. The molecule has 3 aliphatic heterocycles. The van der Waals surface area contributed by atoms with Gasteiger partial charge in [-0.25, -0.2) is 0 Å². The number of benzene rings is 1. The monoisotopic (exact) mass is 542 g/mol. The largest absolute Gasteiger partial charge is 0.497 e. The quantitative estimate of drug-likeness (QED) is 0.218. The normalized spacial score (nSPS) is 27.2. The van der Waals surface area contributed by atoms with Crippen molar-refractivity contribution in [3.05, 3.63) is 49.6 Å². The minimum atomic E-state index is -0.688. The number of nitrogens with zero attached hydrogens (tertiary/aromatic N) is 2. The van der Waals surface area contributed by atoms with Crippen molar-refractivity contribution in [2.75, 3.05) is 38.3 Å². The van der Waals surface area contributed by atoms with Gasteiger partial charge in [-0.1, -0.05) is 31.6 Å². The molecule has 8 nitrogen and oxygen atoms in total. The standard InChI is InChI=1S/C29H38N2O6S/c1-4-16-30(20-10-12-21(36-3)13-11-20)27(34)25-29-15-14-22(38-29)23(28(35)37-19-5-2)24(29)26(33)31(25)17-8-6-7-9-18-32/h4-5,10-13,22-25,32H,1-2,6-9,14-19H2,3H3/t22-,23+,24-,25?,29?/m0/s1. The molecule has 1 aromatic carbocycles. The summed E-state index contributed by atoms with van der Waals surface area (Å²) >= 11 is 1.63. The molecule has 3 fully saturated rings. The van der Waals surface area contributed by atoms with E-state index in [0.29, 0.717) is 37.4 Å². The van der Waals surface area contributed by atoms with Crippen LogP contribution in [0.25, 0.3) is 0 Å². The predicted octanol–water partition coefficient (Wildman–Crippen LogP) is 3.59. The number of anilines is 1. The molecule has 1 N–H and O–H groups in total. The van der Waals surface area contributed by atoms with Crippen LogP contribution in [0.15, 0.2) is 49.6 Å². The van der Waals surface area contributed by atoms with E-state index in [4.69, 9.17) is 14.6 Å². The van der Waals surface area contributed by atoms with Gasteiger partial charge in [-0.15, -0.1) is 18.3 Å². The van der Waals surface area contributed by atoms with E-state index in [1.807, 2.05) is 12.1 Å². The van der Waals surface area contributed by atoms with Crippen LogP contribution in [0, 0.1) is 11.8 Å². The molecule has 2 unspecified atom stereocenters. The third-order valence-electron chi connectivity index (χ3n) is 7.92. The molecule has 206 valence electrons. The number of thioether (sulfide) groups is 1. The summed E-state index contributed by atoms with van der Waals surface area (Å²) in [5.41, 5.74) is 0.699. The molecular weight excluding hydrogens is 504 g/mol. The molecule has 0 saturated carbocycles. The van der Waals surface area contributed by atoms with Crippen molar-refractivity contribution in [1.82, 2.24) is 4.90 Å². The Bertz CT molecular complexity index is 1050. The van der Waals surface area contributed by atoms with Crippen molar-refractivity contribution >= 4 is 35.2 Å². The Morgan fingerprint density at radius 1 is 1.18 bits per heavy atom. The lowest BCUT2D eigenvalue weighted by Gasteiger charge is -2.37. The fourth-order valence-corrected chi connectivity index (χ4v) is 8.49. The lowest BCUT2D eigenvalue weighted by molar-refractivity contribution is -0.153. The molecule has 0 aliphatic carbocycles. The molecule has 5 atom stereocenters. The number of carbonyl (C=O) groups is 3. The Kier molecular flexibility index (Phi) is 9.20. The fourth-order valence-electron chi connectivity index (χ4n) is 6.29. The van der Waals surface area contributed by atoms with Crippen molar-refractivity contribution in [3.63, 3.8) is 0 Å². The number of aliphatic hydroxyl groups excluding tert-OH is 1. The summed E-state index contributed by atoms with van der Waals surface area (Å²) in [4.78, 5) is 45.0. The van der Waals surface area contributed by atoms with Crippen LogP contribution in [0.5, 0.6) is 5.75 Å². The molecule has 4 rings (SSSR count). The van der Waals surface area contributed by atoms with Crippen molar-refractivity contribution < 1.29 is 29.0 Å². The van der Waals surface area contributed by atoms with E-state index in [-0.39, 0.29) is 36.2 Å². The van der Waals surface area contributed by atoms with E-state index in [2.05, 4.69) is 13.2 Å². The van der Waals surface area contributed by atoms with Crippen LogP contribution in [-0.2, 0) is 19.1 Å². The van der Waals surface area contributed by atoms with Gasteiger partial charge in [0.1, 0.15) is 18.4 Å². The van der Waals surface area contributed by atoms with Gasteiger partial charge in [0.2, 0.25) is 5.91 Å². The zero-order valence-corrected chi connectivity index (χ0v) is 22.9. The molecule has 1 aromatic rings. The number of unbranched alkanes of at least 4 members (excludes halogenated alkanes) is 3. The first kappa shape index (κ1) is 28.2. The van der Waals surface area contributed by atoms with Crippen LogP contribution in [0.2, 0.25) is 0 Å².